The van der Waals surface area contributed by atoms with Crippen molar-refractivity contribution in [2.45, 2.75) is 18.1 Å². The number of piperidine rings is 1. The second-order valence-corrected chi connectivity index (χ2v) is 7.80. The van der Waals surface area contributed by atoms with Gasteiger partial charge in [0.25, 0.3) is 5.24 Å². The molecule has 146 valence electrons. The normalized spacial score (nSPS) is 23.0. The predicted molar refractivity (Wildman–Crippen MR) is 94.0 cm³/mol. The molecule has 2 aromatic rings. The van der Waals surface area contributed by atoms with Crippen molar-refractivity contribution < 1.29 is 32.5 Å². The molecule has 0 saturated carbocycles. The zero-order valence-electron chi connectivity index (χ0n) is 14.2. The van der Waals surface area contributed by atoms with Crippen LogP contribution in [0.5, 0.6) is 0 Å². The predicted octanol–water partition coefficient (Wildman–Crippen LogP) is 1.75. The molecule has 0 bridgehead atoms. The number of rotatable bonds is 4. The molecular weight excluding hydrogens is 396 g/mol. The minimum absolute atomic E-state index is 0.0544. The van der Waals surface area contributed by atoms with E-state index in [1.807, 2.05) is 0 Å². The minimum atomic E-state index is -1.11. The Labute approximate surface area is 160 Å². The van der Waals surface area contributed by atoms with Crippen molar-refractivity contribution >= 4 is 51.4 Å². The maximum Gasteiger partial charge on any atom is 0.287 e. The lowest BCUT2D eigenvalue weighted by molar-refractivity contribution is -0.143. The van der Waals surface area contributed by atoms with Crippen molar-refractivity contribution in [2.75, 3.05) is 18.1 Å². The molecule has 2 atom stereocenters. The number of Topliss-reactive ketones (excluding diaryl/α,β-unsaturated/α-hetero) is 1. The minimum Gasteiger partial charge on any atom is -0.351 e. The summed E-state index contributed by atoms with van der Waals surface area (Å²) < 4.78 is 32.3. The first-order valence-electron chi connectivity index (χ1n) is 8.35. The van der Waals surface area contributed by atoms with Gasteiger partial charge in [-0.1, -0.05) is 16.9 Å². The number of aromatic nitrogens is 1. The van der Waals surface area contributed by atoms with Crippen molar-refractivity contribution in [2.24, 2.45) is 5.92 Å². The van der Waals surface area contributed by atoms with E-state index < -0.39 is 52.9 Å². The number of thioether (sulfide) groups is 1. The summed E-state index contributed by atoms with van der Waals surface area (Å²) in [5.41, 5.74) is 0.119. The van der Waals surface area contributed by atoms with E-state index in [2.05, 4.69) is 10.5 Å². The third-order valence-corrected chi connectivity index (χ3v) is 5.64. The number of nitrogens with one attached hydrogen (secondary N) is 1. The summed E-state index contributed by atoms with van der Waals surface area (Å²) in [5, 5.41) is 5.04. The highest BCUT2D eigenvalue weighted by atomic mass is 32.2. The summed E-state index contributed by atoms with van der Waals surface area (Å²) in [4.78, 5) is 48.5. The standard InChI is InChI=1S/C17H13F2N3O5S/c18-5-8-6-22(17(26)28-8)15-10-2-7(3-11(19)14(10)27-21-15)1-9-12(23)4-13(24)20-16(9)25/h2-3,8-9H,1,4-6H2,(H,20,24,25)/t8-,9?/m0/s1. The lowest BCUT2D eigenvalue weighted by Crippen LogP contribution is -2.46. The SMILES string of the molecule is O=C1CC(=O)C(Cc2cc(F)c3onc(N4C[C@H](CF)SC4=O)c3c2)C(=O)N1. The van der Waals surface area contributed by atoms with E-state index in [4.69, 9.17) is 4.52 Å². The summed E-state index contributed by atoms with van der Waals surface area (Å²) >= 11 is 0.825. The van der Waals surface area contributed by atoms with Gasteiger partial charge in [0.15, 0.2) is 17.4 Å². The summed E-state index contributed by atoms with van der Waals surface area (Å²) in [6.45, 7) is -0.626. The highest BCUT2D eigenvalue weighted by molar-refractivity contribution is 8.14. The maximum absolute atomic E-state index is 14.5. The number of amides is 3. The van der Waals surface area contributed by atoms with Crippen molar-refractivity contribution in [1.82, 2.24) is 10.5 Å². The van der Waals surface area contributed by atoms with Gasteiger partial charge in [0, 0.05) is 6.54 Å². The average molecular weight is 409 g/mol. The van der Waals surface area contributed by atoms with Crippen molar-refractivity contribution in [3.8, 4) is 0 Å². The van der Waals surface area contributed by atoms with Crippen LogP contribution in [-0.4, -0.2) is 46.5 Å². The monoisotopic (exact) mass is 409 g/mol. The molecule has 1 aromatic carbocycles. The Kier molecular flexibility index (Phi) is 4.61. The number of ketones is 1. The molecule has 2 saturated heterocycles. The van der Waals surface area contributed by atoms with Gasteiger partial charge in [-0.2, -0.15) is 0 Å². The Morgan fingerprint density at radius 3 is 2.75 bits per heavy atom. The number of benzene rings is 1. The van der Waals surface area contributed by atoms with Crippen LogP contribution in [0.2, 0.25) is 0 Å². The number of nitrogens with zero attached hydrogens (tertiary/aromatic N) is 2. The largest absolute Gasteiger partial charge is 0.351 e. The molecule has 1 N–H and O–H groups in total. The van der Waals surface area contributed by atoms with Gasteiger partial charge >= 0.3 is 0 Å². The molecule has 2 aliphatic heterocycles. The lowest BCUT2D eigenvalue weighted by Gasteiger charge is -2.19. The highest BCUT2D eigenvalue weighted by Gasteiger charge is 2.36. The third kappa shape index (κ3) is 3.15. The van der Waals surface area contributed by atoms with Crippen LogP contribution in [0.25, 0.3) is 11.0 Å². The number of fused-ring (bicyclic) bond motifs is 1. The number of alkyl halides is 1. The first kappa shape index (κ1) is 18.5. The number of halogens is 2. The Bertz CT molecular complexity index is 1000. The van der Waals surface area contributed by atoms with E-state index in [9.17, 15) is 28.0 Å². The number of hydrogen-bond donors (Lipinski definition) is 1. The van der Waals surface area contributed by atoms with Crippen LogP contribution in [-0.2, 0) is 20.8 Å². The fraction of sp³-hybridized carbons (Fsp3) is 0.353. The van der Waals surface area contributed by atoms with E-state index in [1.54, 1.807) is 0 Å². The van der Waals surface area contributed by atoms with Gasteiger partial charge in [0.05, 0.1) is 17.1 Å². The number of anilines is 1. The van der Waals surface area contributed by atoms with E-state index in [-0.39, 0.29) is 29.8 Å². The average Bonchev–Trinajstić information content (AvgIpc) is 3.21. The Hall–Kier alpha value is -2.82. The first-order chi connectivity index (χ1) is 13.4. The van der Waals surface area contributed by atoms with Crippen LogP contribution in [0, 0.1) is 11.7 Å². The van der Waals surface area contributed by atoms with Gasteiger partial charge in [-0.05, 0) is 24.1 Å². The van der Waals surface area contributed by atoms with Crippen molar-refractivity contribution in [3.63, 3.8) is 0 Å². The molecule has 2 aliphatic rings. The summed E-state index contributed by atoms with van der Waals surface area (Å²) in [7, 11) is 0. The van der Waals surface area contributed by atoms with Gasteiger partial charge in [0.1, 0.15) is 12.6 Å². The first-order valence-corrected chi connectivity index (χ1v) is 9.23. The Morgan fingerprint density at radius 1 is 1.29 bits per heavy atom. The van der Waals surface area contributed by atoms with Crippen LogP contribution in [0.15, 0.2) is 16.7 Å². The van der Waals surface area contributed by atoms with Gasteiger partial charge in [-0.25, -0.2) is 8.78 Å². The second kappa shape index (κ2) is 6.97. The summed E-state index contributed by atoms with van der Waals surface area (Å²) in [5.74, 6) is -3.77. The molecular formula is C17H13F2N3O5S. The maximum atomic E-state index is 14.5. The molecule has 8 nitrogen and oxygen atoms in total. The number of hydrogen-bond acceptors (Lipinski definition) is 7. The molecule has 1 unspecified atom stereocenters. The van der Waals surface area contributed by atoms with Gasteiger partial charge in [-0.3, -0.25) is 29.4 Å². The fourth-order valence-corrected chi connectivity index (χ4v) is 4.13. The molecule has 0 aliphatic carbocycles. The zero-order valence-corrected chi connectivity index (χ0v) is 15.1. The summed E-state index contributed by atoms with van der Waals surface area (Å²) in [6, 6.07) is 2.58. The van der Waals surface area contributed by atoms with E-state index in [0.717, 1.165) is 17.8 Å². The zero-order chi connectivity index (χ0) is 20.0. The highest BCUT2D eigenvalue weighted by Crippen LogP contribution is 2.36. The van der Waals surface area contributed by atoms with Crippen LogP contribution in [0.1, 0.15) is 12.0 Å². The molecule has 3 amide bonds. The number of imide groups is 1. The van der Waals surface area contributed by atoms with Crippen molar-refractivity contribution in [3.05, 3.63) is 23.5 Å². The smallest absolute Gasteiger partial charge is 0.287 e. The van der Waals surface area contributed by atoms with Crippen LogP contribution in [0.3, 0.4) is 0 Å². The topological polar surface area (TPSA) is 110 Å². The van der Waals surface area contributed by atoms with Crippen LogP contribution in [0.4, 0.5) is 19.4 Å². The molecule has 11 heteroatoms. The van der Waals surface area contributed by atoms with Crippen molar-refractivity contribution in [1.29, 1.82) is 0 Å². The quantitative estimate of drug-likeness (QED) is 0.605. The molecule has 3 heterocycles. The van der Waals surface area contributed by atoms with Crippen LogP contribution < -0.4 is 10.2 Å². The molecule has 0 spiro atoms. The Balaban J connectivity index is 1.68. The van der Waals surface area contributed by atoms with Gasteiger partial charge < -0.3 is 4.52 Å². The molecule has 1 aromatic heterocycles. The number of carbonyl (C=O) groups excluding carboxylic acids is 4. The number of carbonyl (C=O) groups is 4. The van der Waals surface area contributed by atoms with E-state index in [0.29, 0.717) is 5.56 Å². The van der Waals surface area contributed by atoms with Gasteiger partial charge in [0.2, 0.25) is 17.4 Å². The lowest BCUT2D eigenvalue weighted by atomic mass is 9.89. The van der Waals surface area contributed by atoms with E-state index >= 15 is 0 Å². The third-order valence-electron chi connectivity index (χ3n) is 4.61. The summed E-state index contributed by atoms with van der Waals surface area (Å²) in [6.07, 6.45) is -0.533. The van der Waals surface area contributed by atoms with Gasteiger partial charge in [-0.15, -0.1) is 0 Å². The molecule has 28 heavy (non-hydrogen) atoms. The Morgan fingerprint density at radius 2 is 2.07 bits per heavy atom. The molecule has 0 radical (unpaired) electrons. The van der Waals surface area contributed by atoms with E-state index in [1.165, 1.54) is 11.0 Å². The molecule has 4 rings (SSSR count). The van der Waals surface area contributed by atoms with Crippen LogP contribution >= 0.6 is 11.8 Å². The second-order valence-electron chi connectivity index (χ2n) is 6.54. The fourth-order valence-electron chi connectivity index (χ4n) is 3.27. The molecule has 2 fully saturated rings.